The Morgan fingerprint density at radius 2 is 1.74 bits per heavy atom. The number of benzene rings is 2. The quantitative estimate of drug-likeness (QED) is 0.558. The van der Waals surface area contributed by atoms with Crippen LogP contribution in [0.1, 0.15) is 33.5 Å². The van der Waals surface area contributed by atoms with E-state index in [1.54, 1.807) is 0 Å². The van der Waals surface area contributed by atoms with E-state index in [1.807, 2.05) is 55.5 Å². The molecule has 0 saturated heterocycles. The van der Waals surface area contributed by atoms with Gasteiger partial charge in [-0.15, -0.1) is 0 Å². The monoisotopic (exact) mass is 307 g/mol. The Hall–Kier alpha value is -2.19. The van der Waals surface area contributed by atoms with E-state index in [9.17, 15) is 4.79 Å². The number of hydrogen-bond acceptors (Lipinski definition) is 2. The van der Waals surface area contributed by atoms with Crippen molar-refractivity contribution in [2.24, 2.45) is 0 Å². The van der Waals surface area contributed by atoms with Crippen molar-refractivity contribution in [1.82, 2.24) is 4.90 Å². The van der Waals surface area contributed by atoms with Gasteiger partial charge >= 0.3 is 0 Å². The van der Waals surface area contributed by atoms with Crippen LogP contribution in [0.3, 0.4) is 0 Å². The van der Waals surface area contributed by atoms with Gasteiger partial charge in [0.05, 0.1) is 0 Å². The fourth-order valence-corrected chi connectivity index (χ4v) is 2.56. The molecule has 0 N–H and O–H groups in total. The van der Waals surface area contributed by atoms with Crippen LogP contribution >= 0.6 is 0 Å². The molecule has 2 aromatic carbocycles. The van der Waals surface area contributed by atoms with Crippen molar-refractivity contribution >= 4 is 11.4 Å². The fourth-order valence-electron chi connectivity index (χ4n) is 2.56. The molecule has 2 heteroatoms. The summed E-state index contributed by atoms with van der Waals surface area (Å²) in [5.41, 5.74) is 4.55. The second-order valence-corrected chi connectivity index (χ2v) is 6.28. The number of ketones is 1. The lowest BCUT2D eigenvalue weighted by Crippen LogP contribution is -2.13. The summed E-state index contributed by atoms with van der Waals surface area (Å²) < 4.78 is 0. The van der Waals surface area contributed by atoms with Crippen molar-refractivity contribution in [3.63, 3.8) is 0 Å². The van der Waals surface area contributed by atoms with Gasteiger partial charge in [-0.25, -0.2) is 0 Å². The van der Waals surface area contributed by atoms with Crippen molar-refractivity contribution in [2.75, 3.05) is 20.6 Å². The Morgan fingerprint density at radius 1 is 1.04 bits per heavy atom. The largest absolute Gasteiger partial charge is 0.309 e. The minimum absolute atomic E-state index is 0.00422. The zero-order chi connectivity index (χ0) is 16.8. The van der Waals surface area contributed by atoms with Crippen molar-refractivity contribution in [3.8, 4) is 0 Å². The average molecular weight is 307 g/mol. The first kappa shape index (κ1) is 17.2. The van der Waals surface area contributed by atoms with Crippen LogP contribution in [0, 0.1) is 6.92 Å². The van der Waals surface area contributed by atoms with Gasteiger partial charge < -0.3 is 4.90 Å². The molecule has 23 heavy (non-hydrogen) atoms. The maximum atomic E-state index is 12.6. The van der Waals surface area contributed by atoms with E-state index in [-0.39, 0.29) is 5.78 Å². The molecule has 0 fully saturated rings. The highest BCUT2D eigenvalue weighted by Gasteiger charge is 2.12. The van der Waals surface area contributed by atoms with Gasteiger partial charge in [0, 0.05) is 11.1 Å². The highest BCUT2D eigenvalue weighted by atomic mass is 16.1. The second-order valence-electron chi connectivity index (χ2n) is 6.28. The predicted octanol–water partition coefficient (Wildman–Crippen LogP) is 4.39. The molecule has 0 spiro atoms. The molecule has 0 bridgehead atoms. The third-order valence-corrected chi connectivity index (χ3v) is 3.93. The fraction of sp³-hybridized carbons (Fsp3) is 0.286. The molecule has 0 aliphatic heterocycles. The summed E-state index contributed by atoms with van der Waals surface area (Å²) >= 11 is 0. The molecule has 2 aromatic rings. The number of allylic oxidation sites excluding steroid dienone is 1. The van der Waals surface area contributed by atoms with E-state index in [2.05, 4.69) is 25.6 Å². The number of nitrogens with zero attached hydrogens (tertiary/aromatic N) is 1. The van der Waals surface area contributed by atoms with E-state index in [1.165, 1.54) is 5.56 Å². The molecule has 0 amide bonds. The molecule has 0 atom stereocenters. The van der Waals surface area contributed by atoms with Crippen LogP contribution in [-0.4, -0.2) is 31.3 Å². The van der Waals surface area contributed by atoms with Gasteiger partial charge in [-0.2, -0.15) is 0 Å². The Morgan fingerprint density at radius 3 is 2.35 bits per heavy atom. The van der Waals surface area contributed by atoms with Gasteiger partial charge in [0.2, 0.25) is 0 Å². The zero-order valence-corrected chi connectivity index (χ0v) is 14.3. The standard InChI is InChI=1S/C21H25NO/c1-16-7-5-9-20(15-16)17(2)21(23)19-12-10-18(11-13-19)8-6-14-22(3)4/h5,7,9-13,15H,2,6,8,14H2,1,3-4H3. The Bertz CT molecular complexity index is 683. The summed E-state index contributed by atoms with van der Waals surface area (Å²) in [6.07, 6.45) is 2.15. The normalized spacial score (nSPS) is 10.8. The van der Waals surface area contributed by atoms with Crippen LogP contribution in [-0.2, 0) is 6.42 Å². The summed E-state index contributed by atoms with van der Waals surface area (Å²) in [6.45, 7) is 7.07. The van der Waals surface area contributed by atoms with Gasteiger partial charge in [0.25, 0.3) is 0 Å². The molecule has 2 nitrogen and oxygen atoms in total. The van der Waals surface area contributed by atoms with Crippen molar-refractivity contribution in [2.45, 2.75) is 19.8 Å². The van der Waals surface area contributed by atoms with Gasteiger partial charge in [0.15, 0.2) is 5.78 Å². The molecule has 120 valence electrons. The highest BCUT2D eigenvalue weighted by molar-refractivity contribution is 6.28. The van der Waals surface area contributed by atoms with Crippen LogP contribution in [0.25, 0.3) is 5.57 Å². The smallest absolute Gasteiger partial charge is 0.193 e. The first-order valence-electron chi connectivity index (χ1n) is 8.01. The Labute approximate surface area is 139 Å². The van der Waals surface area contributed by atoms with Crippen LogP contribution in [0.2, 0.25) is 0 Å². The van der Waals surface area contributed by atoms with Gasteiger partial charge in [-0.05, 0) is 51.5 Å². The summed E-state index contributed by atoms with van der Waals surface area (Å²) in [7, 11) is 4.16. The first-order chi connectivity index (χ1) is 11.0. The minimum atomic E-state index is -0.00422. The molecule has 0 saturated carbocycles. The molecule has 0 heterocycles. The molecule has 2 rings (SSSR count). The van der Waals surface area contributed by atoms with Crippen molar-refractivity contribution in [1.29, 1.82) is 0 Å². The Balaban J connectivity index is 2.04. The predicted molar refractivity (Wildman–Crippen MR) is 97.9 cm³/mol. The molecule has 0 aliphatic rings. The number of carbonyl (C=O) groups excluding carboxylic acids is 1. The maximum Gasteiger partial charge on any atom is 0.193 e. The highest BCUT2D eigenvalue weighted by Crippen LogP contribution is 2.19. The molecule has 0 unspecified atom stereocenters. The summed E-state index contributed by atoms with van der Waals surface area (Å²) in [5, 5.41) is 0. The number of Topliss-reactive ketones (excluding diaryl/α,β-unsaturated/α-hetero) is 1. The number of aryl methyl sites for hydroxylation is 2. The number of carbonyl (C=O) groups is 1. The number of hydrogen-bond donors (Lipinski definition) is 0. The van der Waals surface area contributed by atoms with Crippen LogP contribution < -0.4 is 0 Å². The minimum Gasteiger partial charge on any atom is -0.309 e. The molecule has 0 aromatic heterocycles. The summed E-state index contributed by atoms with van der Waals surface area (Å²) in [5.74, 6) is -0.00422. The summed E-state index contributed by atoms with van der Waals surface area (Å²) in [4.78, 5) is 14.7. The number of rotatable bonds is 7. The van der Waals surface area contributed by atoms with Crippen LogP contribution in [0.5, 0.6) is 0 Å². The molecule has 0 radical (unpaired) electrons. The van der Waals surface area contributed by atoms with Gasteiger partial charge in [0.1, 0.15) is 0 Å². The third-order valence-electron chi connectivity index (χ3n) is 3.93. The third kappa shape index (κ3) is 4.90. The first-order valence-corrected chi connectivity index (χ1v) is 8.01. The van der Waals surface area contributed by atoms with E-state index in [4.69, 9.17) is 0 Å². The second kappa shape index (κ2) is 7.89. The van der Waals surface area contributed by atoms with Gasteiger partial charge in [-0.3, -0.25) is 4.79 Å². The van der Waals surface area contributed by atoms with Crippen molar-refractivity contribution in [3.05, 3.63) is 77.4 Å². The van der Waals surface area contributed by atoms with E-state index < -0.39 is 0 Å². The van der Waals surface area contributed by atoms with Crippen LogP contribution in [0.4, 0.5) is 0 Å². The van der Waals surface area contributed by atoms with Crippen molar-refractivity contribution < 1.29 is 4.79 Å². The topological polar surface area (TPSA) is 20.3 Å². The van der Waals surface area contributed by atoms with Crippen LogP contribution in [0.15, 0.2) is 55.1 Å². The molecular weight excluding hydrogens is 282 g/mol. The summed E-state index contributed by atoms with van der Waals surface area (Å²) in [6, 6.07) is 15.8. The lowest BCUT2D eigenvalue weighted by molar-refractivity contribution is 0.105. The zero-order valence-electron chi connectivity index (χ0n) is 14.3. The Kier molecular flexibility index (Phi) is 5.89. The lowest BCUT2D eigenvalue weighted by Gasteiger charge is -2.10. The van der Waals surface area contributed by atoms with E-state index >= 15 is 0 Å². The van der Waals surface area contributed by atoms with E-state index in [0.29, 0.717) is 11.1 Å². The van der Waals surface area contributed by atoms with Gasteiger partial charge in [-0.1, -0.05) is 60.7 Å². The average Bonchev–Trinajstić information content (AvgIpc) is 2.54. The maximum absolute atomic E-state index is 12.6. The van der Waals surface area contributed by atoms with E-state index in [0.717, 1.165) is 30.5 Å². The molecular formula is C21H25NO. The lowest BCUT2D eigenvalue weighted by atomic mass is 9.96. The molecule has 0 aliphatic carbocycles. The SMILES string of the molecule is C=C(C(=O)c1ccc(CCCN(C)C)cc1)c1cccc(C)c1.